The molecule has 0 aromatic rings. The summed E-state index contributed by atoms with van der Waals surface area (Å²) in [5.74, 6) is 0. The molecule has 0 aliphatic rings. The summed E-state index contributed by atoms with van der Waals surface area (Å²) in [5, 5.41) is 0. The minimum Gasteiger partial charge on any atom is -0.598 e. The SMILES string of the molecule is O=[P+]([O-])[O-].O=[P+]([O-])[O-].[Ce+3].[Rb+].[Rb+].[Rb+]. The predicted molar refractivity (Wildman–Crippen MR) is 15.2 cm³/mol. The Balaban J connectivity index is -0.0000000112. The van der Waals surface area contributed by atoms with Crippen LogP contribution in [-0.4, -0.2) is 0 Å². The van der Waals surface area contributed by atoms with Crippen LogP contribution in [0.3, 0.4) is 0 Å². The van der Waals surface area contributed by atoms with Crippen molar-refractivity contribution >= 4 is 16.5 Å². The normalized spacial score (nSPS) is 4.33. The van der Waals surface area contributed by atoms with E-state index < -0.39 is 16.5 Å². The Kier molecular flexibility index (Phi) is 93.0. The third kappa shape index (κ3) is 90.4. The van der Waals surface area contributed by atoms with Crippen LogP contribution in [0.2, 0.25) is 0 Å². The summed E-state index contributed by atoms with van der Waals surface area (Å²) in [6.07, 6.45) is 0. The molecule has 0 aromatic heterocycles. The second-order valence-corrected chi connectivity index (χ2v) is 1.34. The standard InChI is InChI=1S/Ce.2HO3P.3Rb/c;2*1-4(2)3;;;/h;2*(H,1,2,3);;;/q+3;;;3*+1/p-2. The van der Waals surface area contributed by atoms with E-state index >= 15 is 0 Å². The molecule has 0 N–H and O–H groups in total. The molecule has 0 aliphatic heterocycles. The van der Waals surface area contributed by atoms with Crippen LogP contribution in [-0.2, 0) is 9.13 Å². The third-order valence-corrected chi connectivity index (χ3v) is 0. The van der Waals surface area contributed by atoms with E-state index in [-0.39, 0.29) is 216 Å². The summed E-state index contributed by atoms with van der Waals surface area (Å²) in [5.41, 5.74) is 0. The van der Waals surface area contributed by atoms with Gasteiger partial charge in [0.15, 0.2) is 0 Å². The van der Waals surface area contributed by atoms with Crippen LogP contribution in [0.4, 0.5) is 0 Å². The molecule has 0 fully saturated rings. The molecular weight excluding hydrogens is 554 g/mol. The Bertz CT molecular complexity index is 78.8. The van der Waals surface area contributed by atoms with E-state index in [4.69, 9.17) is 28.7 Å². The van der Waals surface area contributed by atoms with E-state index in [0.29, 0.717) is 0 Å². The van der Waals surface area contributed by atoms with Gasteiger partial charge in [-0.3, -0.25) is 0 Å². The van der Waals surface area contributed by atoms with Gasteiger partial charge in [0.05, 0.1) is 0 Å². The Morgan fingerprint density at radius 2 is 0.667 bits per heavy atom. The second-order valence-electron chi connectivity index (χ2n) is 0.447. The van der Waals surface area contributed by atoms with Crippen molar-refractivity contribution in [1.29, 1.82) is 0 Å². The molecule has 12 heavy (non-hydrogen) atoms. The molecule has 0 heterocycles. The zero-order valence-electron chi connectivity index (χ0n) is 6.84. The van der Waals surface area contributed by atoms with Crippen LogP contribution < -0.4 is 194 Å². The van der Waals surface area contributed by atoms with Gasteiger partial charge in [-0.2, -0.15) is 0 Å². The number of hydrogen-bond donors (Lipinski definition) is 0. The first-order valence-corrected chi connectivity index (χ1v) is 3.29. The molecule has 0 bridgehead atoms. The summed E-state index contributed by atoms with van der Waals surface area (Å²) in [6, 6.07) is 0. The average molecular weight is 554 g/mol. The molecule has 0 unspecified atom stereocenters. The first kappa shape index (κ1) is 36.4. The minimum atomic E-state index is -3.37. The zero-order chi connectivity index (χ0) is 7.15. The molecule has 0 atom stereocenters. The Labute approximate surface area is 252 Å². The van der Waals surface area contributed by atoms with E-state index in [0.717, 1.165) is 0 Å². The van der Waals surface area contributed by atoms with Gasteiger partial charge in [0.25, 0.3) is 16.5 Å². The zero-order valence-corrected chi connectivity index (χ0v) is 26.5. The molecule has 12 heteroatoms. The van der Waals surface area contributed by atoms with Gasteiger partial charge < -0.3 is 19.6 Å². The fourth-order valence-corrected chi connectivity index (χ4v) is 0. The largest absolute Gasteiger partial charge is 3.00 e. The molecule has 0 saturated carbocycles. The smallest absolute Gasteiger partial charge is 0.598 e. The summed E-state index contributed by atoms with van der Waals surface area (Å²) in [4.78, 5) is 33.9. The quantitative estimate of drug-likeness (QED) is 0.274. The molecule has 0 saturated heterocycles. The first-order chi connectivity index (χ1) is 3.46. The molecule has 0 amide bonds. The van der Waals surface area contributed by atoms with Crippen LogP contribution in [0.15, 0.2) is 0 Å². The van der Waals surface area contributed by atoms with Crippen molar-refractivity contribution in [2.24, 2.45) is 0 Å². The summed E-state index contributed by atoms with van der Waals surface area (Å²) in [7, 11) is -6.74. The van der Waals surface area contributed by atoms with Crippen molar-refractivity contribution in [2.45, 2.75) is 0 Å². The first-order valence-electron chi connectivity index (χ1n) is 1.10. The van der Waals surface area contributed by atoms with Crippen molar-refractivity contribution in [3.05, 3.63) is 0 Å². The maximum atomic E-state index is 8.48. The van der Waals surface area contributed by atoms with Crippen molar-refractivity contribution < 1.29 is 245 Å². The summed E-state index contributed by atoms with van der Waals surface area (Å²) >= 11 is 0. The van der Waals surface area contributed by atoms with Crippen LogP contribution in [0, 0.1) is 41.7 Å². The molecule has 0 spiro atoms. The fraction of sp³-hybridized carbons (Fsp3) is 0. The van der Waals surface area contributed by atoms with E-state index in [1.165, 1.54) is 0 Å². The maximum absolute atomic E-state index is 8.48. The van der Waals surface area contributed by atoms with Crippen molar-refractivity contribution in [2.75, 3.05) is 0 Å². The Morgan fingerprint density at radius 1 is 0.667 bits per heavy atom. The summed E-state index contributed by atoms with van der Waals surface area (Å²) in [6.45, 7) is 0. The van der Waals surface area contributed by atoms with Gasteiger partial charge in [-0.25, -0.2) is 0 Å². The van der Waals surface area contributed by atoms with E-state index in [9.17, 15) is 0 Å². The van der Waals surface area contributed by atoms with Crippen LogP contribution in [0.25, 0.3) is 0 Å². The Morgan fingerprint density at radius 3 is 0.667 bits per heavy atom. The van der Waals surface area contributed by atoms with Gasteiger partial charge in [0.2, 0.25) is 0 Å². The van der Waals surface area contributed by atoms with Gasteiger partial charge in [0, 0.05) is 0 Å². The average Bonchev–Trinajstić information content (AvgIpc) is 1.25. The van der Waals surface area contributed by atoms with Gasteiger partial charge in [0.1, 0.15) is 0 Å². The van der Waals surface area contributed by atoms with E-state index in [1.54, 1.807) is 0 Å². The molecule has 0 aliphatic carbocycles. The van der Waals surface area contributed by atoms with Crippen molar-refractivity contribution in [1.82, 2.24) is 0 Å². The van der Waals surface area contributed by atoms with Crippen LogP contribution in [0.1, 0.15) is 0 Å². The van der Waals surface area contributed by atoms with Gasteiger partial charge in [-0.1, -0.05) is 9.13 Å². The maximum Gasteiger partial charge on any atom is 3.00 e. The fourth-order valence-electron chi connectivity index (χ4n) is 0. The molecule has 49 valence electrons. The van der Waals surface area contributed by atoms with Gasteiger partial charge in [-0.15, -0.1) is 0 Å². The van der Waals surface area contributed by atoms with E-state index in [2.05, 4.69) is 0 Å². The topological polar surface area (TPSA) is 126 Å². The molecule has 6 nitrogen and oxygen atoms in total. The second kappa shape index (κ2) is 30.7. The van der Waals surface area contributed by atoms with Crippen LogP contribution >= 0.6 is 16.5 Å². The third-order valence-electron chi connectivity index (χ3n) is 0. The number of rotatable bonds is 0. The summed E-state index contributed by atoms with van der Waals surface area (Å²) < 4.78 is 17.0. The molecule has 0 rings (SSSR count). The van der Waals surface area contributed by atoms with Crippen molar-refractivity contribution in [3.63, 3.8) is 0 Å². The molecule has 0 aromatic carbocycles. The predicted octanol–water partition coefficient (Wildman–Crippen LogP) is -12.3. The van der Waals surface area contributed by atoms with Gasteiger partial charge >= 0.3 is 216 Å². The molecule has 1 radical (unpaired) electrons. The number of hydrogen-bond acceptors (Lipinski definition) is 6. The van der Waals surface area contributed by atoms with Gasteiger partial charge in [-0.05, 0) is 0 Å². The van der Waals surface area contributed by atoms with Crippen LogP contribution in [0.5, 0.6) is 0 Å². The van der Waals surface area contributed by atoms with E-state index in [1.807, 2.05) is 0 Å². The Hall–Kier alpha value is 6.83. The minimum absolute atomic E-state index is 0. The monoisotopic (exact) mass is 553 g/mol. The molecular formula is CeO6P2Rb3+4. The van der Waals surface area contributed by atoms with Crippen molar-refractivity contribution in [3.8, 4) is 0 Å².